The van der Waals surface area contributed by atoms with E-state index in [1.54, 1.807) is 12.1 Å². The highest BCUT2D eigenvalue weighted by Crippen LogP contribution is 2.23. The molecule has 2 heteroatoms. The Hall–Kier alpha value is -2.09. The zero-order chi connectivity index (χ0) is 13.7. The van der Waals surface area contributed by atoms with Gasteiger partial charge in [0.05, 0.1) is 5.56 Å². The first-order valence-corrected chi connectivity index (χ1v) is 6.37. The van der Waals surface area contributed by atoms with Crippen molar-refractivity contribution in [2.45, 2.75) is 19.3 Å². The summed E-state index contributed by atoms with van der Waals surface area (Å²) in [5.41, 5.74) is 1.56. The number of ether oxygens (including phenoxy) is 1. The van der Waals surface area contributed by atoms with Gasteiger partial charge in [0.25, 0.3) is 0 Å². The van der Waals surface area contributed by atoms with Crippen LogP contribution in [0.2, 0.25) is 0 Å². The van der Waals surface area contributed by atoms with Crippen LogP contribution in [0, 0.1) is 0 Å². The van der Waals surface area contributed by atoms with Crippen molar-refractivity contribution in [3.05, 3.63) is 71.8 Å². The fourth-order valence-corrected chi connectivity index (χ4v) is 1.88. The molecule has 0 atom stereocenters. The van der Waals surface area contributed by atoms with Crippen LogP contribution >= 0.6 is 0 Å². The van der Waals surface area contributed by atoms with E-state index in [-0.39, 0.29) is 11.4 Å². The molecule has 0 heterocycles. The third-order valence-corrected chi connectivity index (χ3v) is 3.13. The molecule has 0 fully saturated rings. The van der Waals surface area contributed by atoms with Gasteiger partial charge in [0, 0.05) is 5.41 Å². The van der Waals surface area contributed by atoms with E-state index in [1.165, 1.54) is 0 Å². The molecule has 2 aromatic rings. The molecule has 0 aliphatic carbocycles. The lowest BCUT2D eigenvalue weighted by Gasteiger charge is -2.24. The standard InChI is InChI=1S/C17H18O2/c1-17(2,15-11-7-4-8-12-15)13-19-16(18)14-9-5-3-6-10-14/h3-12H,13H2,1-2H3. The number of hydrogen-bond donors (Lipinski definition) is 0. The van der Waals surface area contributed by atoms with E-state index in [0.717, 1.165) is 5.56 Å². The maximum Gasteiger partial charge on any atom is 0.338 e. The first-order chi connectivity index (χ1) is 9.09. The third-order valence-electron chi connectivity index (χ3n) is 3.13. The Kier molecular flexibility index (Phi) is 4.00. The smallest absolute Gasteiger partial charge is 0.338 e. The van der Waals surface area contributed by atoms with Crippen LogP contribution in [0.1, 0.15) is 29.8 Å². The fraction of sp³-hybridized carbons (Fsp3) is 0.235. The lowest BCUT2D eigenvalue weighted by molar-refractivity contribution is 0.0427. The van der Waals surface area contributed by atoms with Crippen LogP contribution in [-0.4, -0.2) is 12.6 Å². The minimum Gasteiger partial charge on any atom is -0.461 e. The lowest BCUT2D eigenvalue weighted by Crippen LogP contribution is -2.26. The predicted molar refractivity (Wildman–Crippen MR) is 76.2 cm³/mol. The number of rotatable bonds is 4. The normalized spacial score (nSPS) is 11.1. The fourth-order valence-electron chi connectivity index (χ4n) is 1.88. The lowest BCUT2D eigenvalue weighted by atomic mass is 9.86. The Bertz CT molecular complexity index is 530. The molecule has 0 aliphatic rings. The van der Waals surface area contributed by atoms with Crippen molar-refractivity contribution in [1.82, 2.24) is 0 Å². The second kappa shape index (κ2) is 5.70. The number of hydrogen-bond acceptors (Lipinski definition) is 2. The first-order valence-electron chi connectivity index (χ1n) is 6.37. The van der Waals surface area contributed by atoms with E-state index in [2.05, 4.69) is 26.0 Å². The van der Waals surface area contributed by atoms with Gasteiger partial charge in [-0.25, -0.2) is 4.79 Å². The summed E-state index contributed by atoms with van der Waals surface area (Å²) in [5.74, 6) is -0.274. The molecule has 0 aliphatic heterocycles. The molecular formula is C17H18O2. The van der Waals surface area contributed by atoms with Crippen molar-refractivity contribution >= 4 is 5.97 Å². The molecule has 0 N–H and O–H groups in total. The van der Waals surface area contributed by atoms with Gasteiger partial charge in [-0.05, 0) is 17.7 Å². The SMILES string of the molecule is CC(C)(COC(=O)c1ccccc1)c1ccccc1. The Labute approximate surface area is 114 Å². The maximum absolute atomic E-state index is 11.9. The van der Waals surface area contributed by atoms with E-state index in [0.29, 0.717) is 12.2 Å². The minimum atomic E-state index is -0.274. The zero-order valence-electron chi connectivity index (χ0n) is 11.3. The maximum atomic E-state index is 11.9. The summed E-state index contributed by atoms with van der Waals surface area (Å²) in [4.78, 5) is 11.9. The van der Waals surface area contributed by atoms with Crippen LogP contribution in [0.25, 0.3) is 0 Å². The molecule has 0 saturated carbocycles. The summed E-state index contributed by atoms with van der Waals surface area (Å²) >= 11 is 0. The van der Waals surface area contributed by atoms with Crippen molar-refractivity contribution in [3.63, 3.8) is 0 Å². The van der Waals surface area contributed by atoms with Crippen molar-refractivity contribution in [3.8, 4) is 0 Å². The summed E-state index contributed by atoms with van der Waals surface area (Å²) in [6.45, 7) is 4.51. The average molecular weight is 254 g/mol. The summed E-state index contributed by atoms with van der Waals surface area (Å²) in [6.07, 6.45) is 0. The second-order valence-corrected chi connectivity index (χ2v) is 5.19. The molecule has 0 amide bonds. The van der Waals surface area contributed by atoms with Crippen LogP contribution in [0.4, 0.5) is 0 Å². The molecular weight excluding hydrogens is 236 g/mol. The molecule has 0 unspecified atom stereocenters. The number of esters is 1. The molecule has 98 valence electrons. The van der Waals surface area contributed by atoms with Crippen molar-refractivity contribution in [1.29, 1.82) is 0 Å². The molecule has 0 saturated heterocycles. The van der Waals surface area contributed by atoms with Crippen LogP contribution < -0.4 is 0 Å². The highest BCUT2D eigenvalue weighted by Gasteiger charge is 2.22. The zero-order valence-corrected chi connectivity index (χ0v) is 11.3. The van der Waals surface area contributed by atoms with E-state index in [4.69, 9.17) is 4.74 Å². The molecule has 0 radical (unpaired) electrons. The summed E-state index contributed by atoms with van der Waals surface area (Å²) in [6, 6.07) is 19.1. The van der Waals surface area contributed by atoms with Crippen molar-refractivity contribution < 1.29 is 9.53 Å². The Morgan fingerprint density at radius 3 is 2.05 bits per heavy atom. The Morgan fingerprint density at radius 1 is 0.947 bits per heavy atom. The van der Waals surface area contributed by atoms with Gasteiger partial charge in [-0.1, -0.05) is 62.4 Å². The highest BCUT2D eigenvalue weighted by molar-refractivity contribution is 5.89. The second-order valence-electron chi connectivity index (χ2n) is 5.19. The summed E-state index contributed by atoms with van der Waals surface area (Å²) in [7, 11) is 0. The number of carbonyl (C=O) groups is 1. The van der Waals surface area contributed by atoms with E-state index < -0.39 is 0 Å². The van der Waals surface area contributed by atoms with Gasteiger partial charge in [-0.2, -0.15) is 0 Å². The van der Waals surface area contributed by atoms with E-state index in [1.807, 2.05) is 36.4 Å². The van der Waals surface area contributed by atoms with Gasteiger partial charge in [0.15, 0.2) is 0 Å². The van der Waals surface area contributed by atoms with Crippen LogP contribution in [0.3, 0.4) is 0 Å². The van der Waals surface area contributed by atoms with E-state index in [9.17, 15) is 4.79 Å². The quantitative estimate of drug-likeness (QED) is 0.775. The van der Waals surface area contributed by atoms with Crippen molar-refractivity contribution in [2.75, 3.05) is 6.61 Å². The largest absolute Gasteiger partial charge is 0.461 e. The van der Waals surface area contributed by atoms with Crippen LogP contribution in [-0.2, 0) is 10.2 Å². The minimum absolute atomic E-state index is 0.189. The monoisotopic (exact) mass is 254 g/mol. The van der Waals surface area contributed by atoms with E-state index >= 15 is 0 Å². The Morgan fingerprint density at radius 2 is 1.47 bits per heavy atom. The van der Waals surface area contributed by atoms with Gasteiger partial charge in [-0.15, -0.1) is 0 Å². The molecule has 0 spiro atoms. The summed E-state index contributed by atoms with van der Waals surface area (Å²) < 4.78 is 5.41. The van der Waals surface area contributed by atoms with Gasteiger partial charge < -0.3 is 4.74 Å². The number of benzene rings is 2. The molecule has 2 rings (SSSR count). The van der Waals surface area contributed by atoms with Crippen LogP contribution in [0.15, 0.2) is 60.7 Å². The van der Waals surface area contributed by atoms with Crippen molar-refractivity contribution in [2.24, 2.45) is 0 Å². The van der Waals surface area contributed by atoms with Gasteiger partial charge in [0.2, 0.25) is 0 Å². The molecule has 19 heavy (non-hydrogen) atoms. The van der Waals surface area contributed by atoms with Gasteiger partial charge >= 0.3 is 5.97 Å². The van der Waals surface area contributed by atoms with Crippen LogP contribution in [0.5, 0.6) is 0 Å². The predicted octanol–water partition coefficient (Wildman–Crippen LogP) is 3.82. The molecule has 0 bridgehead atoms. The Balaban J connectivity index is 2.01. The molecule has 2 aromatic carbocycles. The summed E-state index contributed by atoms with van der Waals surface area (Å²) in [5, 5.41) is 0. The number of carbonyl (C=O) groups excluding carboxylic acids is 1. The molecule has 2 nitrogen and oxygen atoms in total. The third kappa shape index (κ3) is 3.44. The van der Waals surface area contributed by atoms with Gasteiger partial charge in [0.1, 0.15) is 6.61 Å². The topological polar surface area (TPSA) is 26.3 Å². The average Bonchev–Trinajstić information content (AvgIpc) is 2.47. The highest BCUT2D eigenvalue weighted by atomic mass is 16.5. The van der Waals surface area contributed by atoms with Gasteiger partial charge in [-0.3, -0.25) is 0 Å². The molecule has 0 aromatic heterocycles. The first kappa shape index (κ1) is 13.3.